The van der Waals surface area contributed by atoms with E-state index in [0.717, 1.165) is 16.7 Å². The number of nitrogens with two attached hydrogens (primary N) is 1. The van der Waals surface area contributed by atoms with Crippen LogP contribution in [0.3, 0.4) is 0 Å². The minimum atomic E-state index is -0.260. The van der Waals surface area contributed by atoms with Gasteiger partial charge in [-0.05, 0) is 47.0 Å². The summed E-state index contributed by atoms with van der Waals surface area (Å²) in [4.78, 5) is 0. The molecule has 0 aromatic heterocycles. The van der Waals surface area contributed by atoms with E-state index in [9.17, 15) is 4.39 Å². The minimum absolute atomic E-state index is 0.260. The molecule has 0 aliphatic carbocycles. The Morgan fingerprint density at radius 1 is 1.54 bits per heavy atom. The van der Waals surface area contributed by atoms with Crippen molar-refractivity contribution in [2.75, 3.05) is 0 Å². The fraction of sp³-hybridized carbons (Fsp3) is 0.222. The average molecular weight is 245 g/mol. The Balaban J connectivity index is 3.43. The van der Waals surface area contributed by atoms with Gasteiger partial charge in [0, 0.05) is 5.56 Å². The fourth-order valence-corrected chi connectivity index (χ4v) is 1.53. The van der Waals surface area contributed by atoms with Crippen LogP contribution in [0, 0.1) is 19.7 Å². The summed E-state index contributed by atoms with van der Waals surface area (Å²) in [6.45, 7) is 3.64. The Hall–Kier alpha value is -0.900. The molecule has 0 atom stereocenters. The van der Waals surface area contributed by atoms with Gasteiger partial charge in [0.1, 0.15) is 5.82 Å². The molecule has 0 heterocycles. The summed E-state index contributed by atoms with van der Waals surface area (Å²) in [6, 6.07) is 1.45. The lowest BCUT2D eigenvalue weighted by atomic mass is 10.0. The maximum absolute atomic E-state index is 13.1. The number of halogens is 2. The zero-order valence-electron chi connectivity index (χ0n) is 7.44. The molecule has 1 aromatic carbocycles. The topological polar surface area (TPSA) is 38.4 Å². The molecule has 0 bridgehead atoms. The van der Waals surface area contributed by atoms with Crippen LogP contribution < -0.4 is 5.84 Å². The van der Waals surface area contributed by atoms with Gasteiger partial charge in [-0.3, -0.25) is 0 Å². The maximum atomic E-state index is 13.1. The van der Waals surface area contributed by atoms with E-state index in [1.165, 1.54) is 12.3 Å². The van der Waals surface area contributed by atoms with Crippen LogP contribution in [0.1, 0.15) is 16.7 Å². The number of nitrogens with zero attached hydrogens (tertiary/aromatic N) is 1. The molecule has 0 aliphatic heterocycles. The molecule has 13 heavy (non-hydrogen) atoms. The van der Waals surface area contributed by atoms with Crippen LogP contribution in [-0.2, 0) is 0 Å². The SMILES string of the molecule is Cc1cc(F)c(Br)c(C)c1C=NN. The standard InChI is InChI=1S/C9H10BrFN2/c1-5-3-8(11)9(10)6(2)7(5)4-13-12/h3-4H,12H2,1-2H3. The smallest absolute Gasteiger partial charge is 0.137 e. The van der Waals surface area contributed by atoms with E-state index in [2.05, 4.69) is 21.0 Å². The van der Waals surface area contributed by atoms with Crippen molar-refractivity contribution in [3.8, 4) is 0 Å². The van der Waals surface area contributed by atoms with E-state index in [1.54, 1.807) is 0 Å². The maximum Gasteiger partial charge on any atom is 0.137 e. The van der Waals surface area contributed by atoms with Crippen molar-refractivity contribution in [2.45, 2.75) is 13.8 Å². The molecule has 2 N–H and O–H groups in total. The highest BCUT2D eigenvalue weighted by atomic mass is 79.9. The Bertz CT molecular complexity index is 361. The van der Waals surface area contributed by atoms with Crippen molar-refractivity contribution >= 4 is 22.1 Å². The second kappa shape index (κ2) is 3.87. The molecular weight excluding hydrogens is 235 g/mol. The molecule has 0 saturated heterocycles. The number of benzene rings is 1. The lowest BCUT2D eigenvalue weighted by molar-refractivity contribution is 0.618. The van der Waals surface area contributed by atoms with E-state index in [0.29, 0.717) is 4.47 Å². The second-order valence-electron chi connectivity index (χ2n) is 2.81. The molecule has 2 nitrogen and oxygen atoms in total. The second-order valence-corrected chi connectivity index (χ2v) is 3.60. The third kappa shape index (κ3) is 1.88. The summed E-state index contributed by atoms with van der Waals surface area (Å²) in [6.07, 6.45) is 1.52. The number of hydrazone groups is 1. The van der Waals surface area contributed by atoms with Gasteiger partial charge in [-0.1, -0.05) is 0 Å². The summed E-state index contributed by atoms with van der Waals surface area (Å²) < 4.78 is 13.6. The zero-order valence-corrected chi connectivity index (χ0v) is 9.02. The molecule has 0 fully saturated rings. The Morgan fingerprint density at radius 2 is 2.15 bits per heavy atom. The molecule has 0 saturated carbocycles. The lowest BCUT2D eigenvalue weighted by Gasteiger charge is -2.07. The van der Waals surface area contributed by atoms with Crippen molar-refractivity contribution in [1.82, 2.24) is 0 Å². The van der Waals surface area contributed by atoms with Gasteiger partial charge in [0.05, 0.1) is 10.7 Å². The molecule has 1 rings (SSSR count). The van der Waals surface area contributed by atoms with Gasteiger partial charge >= 0.3 is 0 Å². The number of hydrogen-bond acceptors (Lipinski definition) is 2. The zero-order chi connectivity index (χ0) is 10.0. The third-order valence-corrected chi connectivity index (χ3v) is 2.89. The van der Waals surface area contributed by atoms with Crippen molar-refractivity contribution in [1.29, 1.82) is 0 Å². The number of hydrogen-bond donors (Lipinski definition) is 1. The molecule has 0 radical (unpaired) electrons. The van der Waals surface area contributed by atoms with Crippen LogP contribution in [0.2, 0.25) is 0 Å². The molecule has 0 aliphatic rings. The number of rotatable bonds is 1. The van der Waals surface area contributed by atoms with Gasteiger partial charge in [-0.2, -0.15) is 5.10 Å². The predicted molar refractivity (Wildman–Crippen MR) is 55.4 cm³/mol. The molecule has 0 spiro atoms. The summed E-state index contributed by atoms with van der Waals surface area (Å²) in [7, 11) is 0. The fourth-order valence-electron chi connectivity index (χ4n) is 1.20. The Kier molecular flexibility index (Phi) is 3.03. The van der Waals surface area contributed by atoms with Crippen molar-refractivity contribution < 1.29 is 4.39 Å². The molecular formula is C9H10BrFN2. The van der Waals surface area contributed by atoms with Crippen molar-refractivity contribution in [3.63, 3.8) is 0 Å². The summed E-state index contributed by atoms with van der Waals surface area (Å²) in [5.74, 6) is 4.79. The third-order valence-electron chi connectivity index (χ3n) is 1.91. The van der Waals surface area contributed by atoms with E-state index < -0.39 is 0 Å². The first-order chi connectivity index (χ1) is 6.07. The monoisotopic (exact) mass is 244 g/mol. The molecule has 0 amide bonds. The normalized spacial score (nSPS) is 11.1. The average Bonchev–Trinajstić information content (AvgIpc) is 2.09. The quantitative estimate of drug-likeness (QED) is 0.460. The molecule has 0 unspecified atom stereocenters. The van der Waals surface area contributed by atoms with Crippen LogP contribution in [-0.4, -0.2) is 6.21 Å². The van der Waals surface area contributed by atoms with Gasteiger partial charge in [0.15, 0.2) is 0 Å². The van der Waals surface area contributed by atoms with Crippen LogP contribution in [0.25, 0.3) is 0 Å². The van der Waals surface area contributed by atoms with Crippen LogP contribution in [0.5, 0.6) is 0 Å². The first-order valence-electron chi connectivity index (χ1n) is 3.76. The summed E-state index contributed by atoms with van der Waals surface area (Å²) >= 11 is 3.16. The van der Waals surface area contributed by atoms with Crippen LogP contribution >= 0.6 is 15.9 Å². The van der Waals surface area contributed by atoms with Gasteiger partial charge in [-0.15, -0.1) is 0 Å². The van der Waals surface area contributed by atoms with Crippen molar-refractivity contribution in [2.24, 2.45) is 10.9 Å². The highest BCUT2D eigenvalue weighted by Gasteiger charge is 2.09. The first-order valence-corrected chi connectivity index (χ1v) is 4.55. The molecule has 70 valence electrons. The minimum Gasteiger partial charge on any atom is -0.323 e. The van der Waals surface area contributed by atoms with Gasteiger partial charge < -0.3 is 5.84 Å². The van der Waals surface area contributed by atoms with E-state index >= 15 is 0 Å². The Morgan fingerprint density at radius 3 is 2.69 bits per heavy atom. The van der Waals surface area contributed by atoms with Gasteiger partial charge in [-0.25, -0.2) is 4.39 Å². The van der Waals surface area contributed by atoms with E-state index in [1.807, 2.05) is 13.8 Å². The molecule has 4 heteroatoms. The van der Waals surface area contributed by atoms with E-state index in [4.69, 9.17) is 5.84 Å². The van der Waals surface area contributed by atoms with Gasteiger partial charge in [0.2, 0.25) is 0 Å². The highest BCUT2D eigenvalue weighted by molar-refractivity contribution is 9.10. The van der Waals surface area contributed by atoms with Gasteiger partial charge in [0.25, 0.3) is 0 Å². The van der Waals surface area contributed by atoms with E-state index in [-0.39, 0.29) is 5.82 Å². The highest BCUT2D eigenvalue weighted by Crippen LogP contribution is 2.25. The molecule has 1 aromatic rings. The lowest BCUT2D eigenvalue weighted by Crippen LogP contribution is -1.97. The summed E-state index contributed by atoms with van der Waals surface area (Å²) in [5.41, 5.74) is 2.50. The Labute approximate surface area is 84.8 Å². The number of aryl methyl sites for hydroxylation is 1. The van der Waals surface area contributed by atoms with Crippen molar-refractivity contribution in [3.05, 3.63) is 33.0 Å². The predicted octanol–water partition coefficient (Wildman–Crippen LogP) is 2.50. The van der Waals surface area contributed by atoms with Crippen LogP contribution in [0.4, 0.5) is 4.39 Å². The van der Waals surface area contributed by atoms with Crippen LogP contribution in [0.15, 0.2) is 15.6 Å². The summed E-state index contributed by atoms with van der Waals surface area (Å²) in [5, 5.41) is 3.43. The largest absolute Gasteiger partial charge is 0.323 e. The first kappa shape index (κ1) is 10.2.